The van der Waals surface area contributed by atoms with Gasteiger partial charge < -0.3 is 23.9 Å². The zero-order chi connectivity index (χ0) is 22.6. The van der Waals surface area contributed by atoms with Gasteiger partial charge in [-0.2, -0.15) is 0 Å². The molecule has 0 saturated heterocycles. The van der Waals surface area contributed by atoms with E-state index < -0.39 is 3.79 Å². The van der Waals surface area contributed by atoms with Gasteiger partial charge in [-0.3, -0.25) is 0 Å². The molecule has 0 saturated carbocycles. The lowest BCUT2D eigenvalue weighted by atomic mass is 10.0. The standard InChI is InChI=1S/C24H15Cl3N2O4/c25-24(26,27)16-5-1-13(2-6-16)23-28-21(14-3-7-17-19(9-14)32-11-30-17)22(29-23)15-4-8-18-20(10-15)33-12-31-18/h1-10H,11-12H2,(H,28,29). The molecule has 0 spiro atoms. The fourth-order valence-electron chi connectivity index (χ4n) is 3.84. The van der Waals surface area contributed by atoms with E-state index in [1.807, 2.05) is 48.5 Å². The number of benzene rings is 3. The molecule has 6 nitrogen and oxygen atoms in total. The third-order valence-corrected chi connectivity index (χ3v) is 6.15. The van der Waals surface area contributed by atoms with Gasteiger partial charge in [-0.15, -0.1) is 0 Å². The Morgan fingerprint density at radius 2 is 1.21 bits per heavy atom. The molecule has 2 aliphatic rings. The van der Waals surface area contributed by atoms with Gasteiger partial charge in [0.1, 0.15) is 5.82 Å². The summed E-state index contributed by atoms with van der Waals surface area (Å²) in [6.45, 7) is 0.409. The largest absolute Gasteiger partial charge is 0.454 e. The highest BCUT2D eigenvalue weighted by Crippen LogP contribution is 2.42. The predicted octanol–water partition coefficient (Wildman–Crippen LogP) is 6.69. The Morgan fingerprint density at radius 3 is 1.85 bits per heavy atom. The number of ether oxygens (including phenoxy) is 4. The molecule has 0 aliphatic carbocycles. The lowest BCUT2D eigenvalue weighted by Crippen LogP contribution is -1.99. The number of alkyl halides is 3. The number of hydrogen-bond donors (Lipinski definition) is 1. The topological polar surface area (TPSA) is 65.6 Å². The van der Waals surface area contributed by atoms with Gasteiger partial charge in [0, 0.05) is 22.3 Å². The first-order valence-electron chi connectivity index (χ1n) is 10.0. The lowest BCUT2D eigenvalue weighted by molar-refractivity contribution is 0.173. The van der Waals surface area contributed by atoms with Gasteiger partial charge in [0.2, 0.25) is 17.4 Å². The molecule has 3 heterocycles. The summed E-state index contributed by atoms with van der Waals surface area (Å²) in [5.41, 5.74) is 4.80. The first kappa shape index (κ1) is 20.5. The zero-order valence-electron chi connectivity index (χ0n) is 16.9. The zero-order valence-corrected chi connectivity index (χ0v) is 19.2. The molecular weight excluding hydrogens is 487 g/mol. The minimum absolute atomic E-state index is 0.204. The maximum Gasteiger partial charge on any atom is 0.231 e. The van der Waals surface area contributed by atoms with E-state index in [1.165, 1.54) is 0 Å². The number of rotatable bonds is 3. The Morgan fingerprint density at radius 1 is 0.667 bits per heavy atom. The minimum atomic E-state index is -1.49. The summed E-state index contributed by atoms with van der Waals surface area (Å²) >= 11 is 18.0. The van der Waals surface area contributed by atoms with Crippen molar-refractivity contribution in [2.75, 3.05) is 13.6 Å². The molecule has 0 radical (unpaired) electrons. The summed E-state index contributed by atoms with van der Waals surface area (Å²) < 4.78 is 20.6. The van der Waals surface area contributed by atoms with Gasteiger partial charge in [-0.25, -0.2) is 4.98 Å². The Kier molecular flexibility index (Phi) is 4.83. The molecule has 6 rings (SSSR count). The normalized spacial score (nSPS) is 14.0. The molecule has 4 aromatic rings. The molecule has 166 valence electrons. The van der Waals surface area contributed by atoms with Gasteiger partial charge in [0.15, 0.2) is 23.0 Å². The van der Waals surface area contributed by atoms with Crippen molar-refractivity contribution in [3.63, 3.8) is 0 Å². The summed E-state index contributed by atoms with van der Waals surface area (Å²) in [6.07, 6.45) is 0. The first-order valence-corrected chi connectivity index (χ1v) is 11.2. The molecule has 2 aliphatic heterocycles. The molecule has 0 bridgehead atoms. The number of nitrogens with one attached hydrogen (secondary N) is 1. The van der Waals surface area contributed by atoms with E-state index >= 15 is 0 Å². The van der Waals surface area contributed by atoms with E-state index in [2.05, 4.69) is 4.98 Å². The molecule has 9 heteroatoms. The highest BCUT2D eigenvalue weighted by atomic mass is 35.6. The van der Waals surface area contributed by atoms with Crippen LogP contribution in [0.2, 0.25) is 0 Å². The smallest absolute Gasteiger partial charge is 0.231 e. The molecule has 3 aromatic carbocycles. The number of fused-ring (bicyclic) bond motifs is 2. The van der Waals surface area contributed by atoms with E-state index in [9.17, 15) is 0 Å². The van der Waals surface area contributed by atoms with Crippen LogP contribution in [0.15, 0.2) is 60.7 Å². The van der Waals surface area contributed by atoms with Crippen LogP contribution < -0.4 is 18.9 Å². The second kappa shape index (κ2) is 7.76. The summed E-state index contributed by atoms with van der Waals surface area (Å²) in [7, 11) is 0. The number of halogens is 3. The van der Waals surface area contributed by atoms with Crippen molar-refractivity contribution in [2.45, 2.75) is 3.79 Å². The average molecular weight is 502 g/mol. The Bertz CT molecular complexity index is 1290. The highest BCUT2D eigenvalue weighted by molar-refractivity contribution is 6.66. The number of imidazole rings is 1. The summed E-state index contributed by atoms with van der Waals surface area (Å²) in [6, 6.07) is 18.8. The fraction of sp³-hybridized carbons (Fsp3) is 0.125. The van der Waals surface area contributed by atoms with Crippen LogP contribution in [0.3, 0.4) is 0 Å². The third-order valence-electron chi connectivity index (χ3n) is 5.50. The molecule has 0 fully saturated rings. The van der Waals surface area contributed by atoms with Crippen molar-refractivity contribution in [3.05, 3.63) is 66.2 Å². The lowest BCUT2D eigenvalue weighted by Gasteiger charge is -2.11. The van der Waals surface area contributed by atoms with Gasteiger partial charge in [0.25, 0.3) is 0 Å². The highest BCUT2D eigenvalue weighted by Gasteiger charge is 2.24. The molecule has 0 unspecified atom stereocenters. The third kappa shape index (κ3) is 3.74. The number of aromatic amines is 1. The van der Waals surface area contributed by atoms with Crippen molar-refractivity contribution in [1.82, 2.24) is 9.97 Å². The van der Waals surface area contributed by atoms with Crippen molar-refractivity contribution < 1.29 is 18.9 Å². The van der Waals surface area contributed by atoms with Gasteiger partial charge in [-0.05, 0) is 36.4 Å². The number of H-pyrrole nitrogens is 1. The van der Waals surface area contributed by atoms with Crippen LogP contribution in [0.1, 0.15) is 5.56 Å². The van der Waals surface area contributed by atoms with Crippen LogP contribution in [0.4, 0.5) is 0 Å². The maximum atomic E-state index is 6.00. The summed E-state index contributed by atoms with van der Waals surface area (Å²) in [4.78, 5) is 8.37. The molecule has 1 aromatic heterocycles. The van der Waals surface area contributed by atoms with E-state index in [4.69, 9.17) is 58.7 Å². The van der Waals surface area contributed by atoms with E-state index in [-0.39, 0.29) is 13.6 Å². The van der Waals surface area contributed by atoms with E-state index in [0.29, 0.717) is 34.4 Å². The monoisotopic (exact) mass is 500 g/mol. The number of hydrogen-bond acceptors (Lipinski definition) is 5. The van der Waals surface area contributed by atoms with Crippen LogP contribution in [0.5, 0.6) is 23.0 Å². The Balaban J connectivity index is 1.48. The van der Waals surface area contributed by atoms with Crippen LogP contribution in [-0.4, -0.2) is 23.6 Å². The summed E-state index contributed by atoms with van der Waals surface area (Å²) in [5, 5.41) is 0. The van der Waals surface area contributed by atoms with Crippen molar-refractivity contribution in [3.8, 4) is 56.9 Å². The van der Waals surface area contributed by atoms with E-state index in [1.54, 1.807) is 12.1 Å². The number of aromatic nitrogens is 2. The van der Waals surface area contributed by atoms with Crippen LogP contribution >= 0.6 is 34.8 Å². The first-order chi connectivity index (χ1) is 16.0. The average Bonchev–Trinajstić information content (AvgIpc) is 3.56. The fourth-order valence-corrected chi connectivity index (χ4v) is 4.22. The Hall–Kier alpha value is -3.06. The van der Waals surface area contributed by atoms with Crippen molar-refractivity contribution >= 4 is 34.8 Å². The quantitative estimate of drug-likeness (QED) is 0.317. The van der Waals surface area contributed by atoms with Gasteiger partial charge in [0.05, 0.1) is 11.4 Å². The van der Waals surface area contributed by atoms with Crippen molar-refractivity contribution in [1.29, 1.82) is 0 Å². The van der Waals surface area contributed by atoms with Crippen molar-refractivity contribution in [2.24, 2.45) is 0 Å². The Labute approximate surface area is 203 Å². The molecule has 0 atom stereocenters. The SMILES string of the molecule is ClC(Cl)(Cl)c1ccc(-c2nc(-c3ccc4c(c3)OCO4)c(-c3ccc4c(c3)OCO4)[nH]2)cc1. The minimum Gasteiger partial charge on any atom is -0.454 e. The molecular formula is C24H15Cl3N2O4. The number of nitrogens with zero attached hydrogens (tertiary/aromatic N) is 1. The van der Waals surface area contributed by atoms with Crippen LogP contribution in [0.25, 0.3) is 33.9 Å². The second-order valence-corrected chi connectivity index (χ2v) is 9.80. The van der Waals surface area contributed by atoms with E-state index in [0.717, 1.165) is 28.1 Å². The maximum absolute atomic E-state index is 6.00. The summed E-state index contributed by atoms with van der Waals surface area (Å²) in [5.74, 6) is 3.46. The van der Waals surface area contributed by atoms with Crippen LogP contribution in [-0.2, 0) is 3.79 Å². The van der Waals surface area contributed by atoms with Gasteiger partial charge in [-0.1, -0.05) is 59.1 Å². The predicted molar refractivity (Wildman–Crippen MR) is 126 cm³/mol. The molecule has 0 amide bonds. The molecule has 33 heavy (non-hydrogen) atoms. The van der Waals surface area contributed by atoms with Gasteiger partial charge >= 0.3 is 0 Å². The second-order valence-electron chi connectivity index (χ2n) is 7.52. The molecule has 1 N–H and O–H groups in total. The van der Waals surface area contributed by atoms with Crippen LogP contribution in [0, 0.1) is 0 Å².